The number of nitrogens with one attached hydrogen (secondary N) is 1. The van der Waals surface area contributed by atoms with Crippen molar-refractivity contribution in [1.82, 2.24) is 15.1 Å². The maximum absolute atomic E-state index is 12.3. The van der Waals surface area contributed by atoms with Crippen LogP contribution in [-0.2, 0) is 0 Å². The second-order valence-corrected chi connectivity index (χ2v) is 5.31. The molecule has 118 valence electrons. The zero-order valence-corrected chi connectivity index (χ0v) is 12.6. The Labute approximate surface area is 129 Å². The molecule has 7 nitrogen and oxygen atoms in total. The minimum Gasteiger partial charge on any atom is -0.495 e. The summed E-state index contributed by atoms with van der Waals surface area (Å²) in [6.07, 6.45) is 0. The Bertz CT molecular complexity index is 570. The van der Waals surface area contributed by atoms with Gasteiger partial charge < -0.3 is 19.9 Å². The molecule has 0 radical (unpaired) electrons. The average molecular weight is 304 g/mol. The lowest BCUT2D eigenvalue weighted by Crippen LogP contribution is -2.53. The molecule has 0 aromatic heterocycles. The second kappa shape index (κ2) is 6.13. The number of urea groups is 2. The predicted molar refractivity (Wildman–Crippen MR) is 82.3 cm³/mol. The monoisotopic (exact) mass is 304 g/mol. The summed E-state index contributed by atoms with van der Waals surface area (Å²) in [7, 11) is 1.66. The van der Waals surface area contributed by atoms with Crippen LogP contribution in [-0.4, -0.2) is 68.2 Å². The lowest BCUT2D eigenvalue weighted by Gasteiger charge is -2.37. The standard InChI is InChI=1S/C15H20N4O3/c1-22-13-5-3-2-4-12(13)17-8-10-18(11-9-17)15(21)19-7-6-16-14(19)20/h2-5H,6-11H2,1H3,(H,16,20). The van der Waals surface area contributed by atoms with E-state index >= 15 is 0 Å². The summed E-state index contributed by atoms with van der Waals surface area (Å²) in [6, 6.07) is 7.37. The van der Waals surface area contributed by atoms with Crippen molar-refractivity contribution >= 4 is 17.7 Å². The van der Waals surface area contributed by atoms with Gasteiger partial charge in [0.1, 0.15) is 5.75 Å². The molecular weight excluding hydrogens is 284 g/mol. The van der Waals surface area contributed by atoms with E-state index in [1.165, 1.54) is 4.90 Å². The van der Waals surface area contributed by atoms with Crippen LogP contribution in [0.5, 0.6) is 5.75 Å². The van der Waals surface area contributed by atoms with Gasteiger partial charge >= 0.3 is 12.1 Å². The number of benzene rings is 1. The van der Waals surface area contributed by atoms with Gasteiger partial charge in [0, 0.05) is 39.3 Å². The molecule has 0 aliphatic carbocycles. The first-order chi connectivity index (χ1) is 10.7. The molecule has 0 spiro atoms. The molecule has 22 heavy (non-hydrogen) atoms. The molecule has 2 fully saturated rings. The van der Waals surface area contributed by atoms with Gasteiger partial charge in [-0.25, -0.2) is 14.5 Å². The number of rotatable bonds is 2. The van der Waals surface area contributed by atoms with Gasteiger partial charge in [-0.1, -0.05) is 12.1 Å². The number of nitrogens with zero attached hydrogens (tertiary/aromatic N) is 3. The smallest absolute Gasteiger partial charge is 0.328 e. The van der Waals surface area contributed by atoms with E-state index in [1.807, 2.05) is 24.3 Å². The summed E-state index contributed by atoms with van der Waals surface area (Å²) >= 11 is 0. The molecule has 2 heterocycles. The molecule has 0 bridgehead atoms. The van der Waals surface area contributed by atoms with Gasteiger partial charge in [0.25, 0.3) is 0 Å². The highest BCUT2D eigenvalue weighted by Crippen LogP contribution is 2.28. The van der Waals surface area contributed by atoms with Crippen LogP contribution < -0.4 is 15.0 Å². The van der Waals surface area contributed by atoms with Crippen molar-refractivity contribution in [2.75, 3.05) is 51.3 Å². The lowest BCUT2D eigenvalue weighted by molar-refractivity contribution is 0.161. The number of carbonyl (C=O) groups excluding carboxylic acids is 2. The quantitative estimate of drug-likeness (QED) is 0.884. The molecule has 1 aromatic rings. The number of imide groups is 1. The molecule has 2 aliphatic heterocycles. The first-order valence-electron chi connectivity index (χ1n) is 7.43. The van der Waals surface area contributed by atoms with E-state index in [0.717, 1.165) is 24.5 Å². The Morgan fingerprint density at radius 3 is 2.50 bits per heavy atom. The molecule has 1 N–H and O–H groups in total. The van der Waals surface area contributed by atoms with Crippen molar-refractivity contribution in [3.63, 3.8) is 0 Å². The van der Waals surface area contributed by atoms with Crippen LogP contribution in [0.15, 0.2) is 24.3 Å². The number of anilines is 1. The van der Waals surface area contributed by atoms with Gasteiger partial charge in [-0.2, -0.15) is 0 Å². The van der Waals surface area contributed by atoms with E-state index in [2.05, 4.69) is 10.2 Å². The van der Waals surface area contributed by atoms with Crippen LogP contribution in [0, 0.1) is 0 Å². The van der Waals surface area contributed by atoms with E-state index in [-0.39, 0.29) is 12.1 Å². The summed E-state index contributed by atoms with van der Waals surface area (Å²) in [5.41, 5.74) is 1.04. The summed E-state index contributed by atoms with van der Waals surface area (Å²) in [6.45, 7) is 3.63. The minimum atomic E-state index is -0.294. The van der Waals surface area contributed by atoms with Crippen LogP contribution in [0.3, 0.4) is 0 Å². The maximum Gasteiger partial charge on any atom is 0.328 e. The summed E-state index contributed by atoms with van der Waals surface area (Å²) < 4.78 is 5.38. The van der Waals surface area contributed by atoms with Crippen molar-refractivity contribution in [1.29, 1.82) is 0 Å². The van der Waals surface area contributed by atoms with Crippen LogP contribution in [0.1, 0.15) is 0 Å². The Kier molecular flexibility index (Phi) is 4.04. The molecule has 7 heteroatoms. The Morgan fingerprint density at radius 1 is 1.14 bits per heavy atom. The van der Waals surface area contributed by atoms with Gasteiger partial charge in [-0.3, -0.25) is 0 Å². The Hall–Kier alpha value is -2.44. The van der Waals surface area contributed by atoms with Crippen molar-refractivity contribution in [3.8, 4) is 5.75 Å². The molecule has 0 unspecified atom stereocenters. The van der Waals surface area contributed by atoms with Gasteiger partial charge in [0.2, 0.25) is 0 Å². The second-order valence-electron chi connectivity index (χ2n) is 5.31. The predicted octanol–water partition coefficient (Wildman–Crippen LogP) is 0.962. The first kappa shape index (κ1) is 14.5. The molecule has 3 rings (SSSR count). The highest BCUT2D eigenvalue weighted by molar-refractivity contribution is 5.95. The summed E-state index contributed by atoms with van der Waals surface area (Å²) in [4.78, 5) is 29.1. The van der Waals surface area contributed by atoms with E-state index in [4.69, 9.17) is 4.74 Å². The number of hydrogen-bond acceptors (Lipinski definition) is 4. The molecule has 2 aliphatic rings. The van der Waals surface area contributed by atoms with Crippen molar-refractivity contribution in [3.05, 3.63) is 24.3 Å². The van der Waals surface area contributed by atoms with Crippen molar-refractivity contribution < 1.29 is 14.3 Å². The van der Waals surface area contributed by atoms with Gasteiger partial charge in [-0.15, -0.1) is 0 Å². The third-order valence-electron chi connectivity index (χ3n) is 4.06. The van der Waals surface area contributed by atoms with E-state index in [0.29, 0.717) is 26.2 Å². The van der Waals surface area contributed by atoms with Gasteiger partial charge in [0.15, 0.2) is 0 Å². The van der Waals surface area contributed by atoms with Crippen molar-refractivity contribution in [2.24, 2.45) is 0 Å². The fourth-order valence-corrected chi connectivity index (χ4v) is 2.85. The number of amides is 4. The highest BCUT2D eigenvalue weighted by atomic mass is 16.5. The third-order valence-corrected chi connectivity index (χ3v) is 4.06. The molecule has 0 atom stereocenters. The number of piperazine rings is 1. The summed E-state index contributed by atoms with van der Waals surface area (Å²) in [5, 5.41) is 2.65. The van der Waals surface area contributed by atoms with Crippen molar-refractivity contribution in [2.45, 2.75) is 0 Å². The number of methoxy groups -OCH3 is 1. The minimum absolute atomic E-state index is 0.199. The van der Waals surface area contributed by atoms with E-state index < -0.39 is 0 Å². The van der Waals surface area contributed by atoms with Crippen LogP contribution in [0.4, 0.5) is 15.3 Å². The van der Waals surface area contributed by atoms with Crippen LogP contribution >= 0.6 is 0 Å². The third kappa shape index (κ3) is 2.66. The topological polar surface area (TPSA) is 65.1 Å². The first-order valence-corrected chi connectivity index (χ1v) is 7.43. The van der Waals surface area contributed by atoms with E-state index in [1.54, 1.807) is 12.0 Å². The zero-order chi connectivity index (χ0) is 15.5. The van der Waals surface area contributed by atoms with Crippen LogP contribution in [0.2, 0.25) is 0 Å². The SMILES string of the molecule is COc1ccccc1N1CCN(C(=O)N2CCNC2=O)CC1. The molecule has 1 aromatic carbocycles. The molecule has 2 saturated heterocycles. The summed E-state index contributed by atoms with van der Waals surface area (Å²) in [5.74, 6) is 0.834. The zero-order valence-electron chi connectivity index (χ0n) is 12.6. The normalized spacial score (nSPS) is 18.4. The number of para-hydroxylation sites is 2. The van der Waals surface area contributed by atoms with Crippen LogP contribution in [0.25, 0.3) is 0 Å². The lowest BCUT2D eigenvalue weighted by atomic mass is 10.2. The maximum atomic E-state index is 12.3. The largest absolute Gasteiger partial charge is 0.495 e. The fraction of sp³-hybridized carbons (Fsp3) is 0.467. The number of carbonyl (C=O) groups is 2. The Balaban J connectivity index is 1.63. The number of ether oxygens (including phenoxy) is 1. The highest BCUT2D eigenvalue weighted by Gasteiger charge is 2.32. The molecule has 4 amide bonds. The fourth-order valence-electron chi connectivity index (χ4n) is 2.85. The molecular formula is C15H20N4O3. The Morgan fingerprint density at radius 2 is 1.86 bits per heavy atom. The van der Waals surface area contributed by atoms with E-state index in [9.17, 15) is 9.59 Å². The van der Waals surface area contributed by atoms with Gasteiger partial charge in [0.05, 0.1) is 12.8 Å². The van der Waals surface area contributed by atoms with Gasteiger partial charge in [-0.05, 0) is 12.1 Å². The average Bonchev–Trinajstić information content (AvgIpc) is 3.00. The number of hydrogen-bond donors (Lipinski definition) is 1. The molecule has 0 saturated carbocycles.